The van der Waals surface area contributed by atoms with E-state index in [1.54, 1.807) is 0 Å². The predicted octanol–water partition coefficient (Wildman–Crippen LogP) is 3.88. The van der Waals surface area contributed by atoms with Crippen molar-refractivity contribution in [2.24, 2.45) is 0 Å². The maximum Gasteiger partial charge on any atom is 0.341 e. The van der Waals surface area contributed by atoms with Gasteiger partial charge in [-0.25, -0.2) is 4.79 Å². The van der Waals surface area contributed by atoms with Gasteiger partial charge in [-0.2, -0.15) is 0 Å². The van der Waals surface area contributed by atoms with Gasteiger partial charge in [-0.05, 0) is 36.0 Å². The average molecular weight is 284 g/mol. The van der Waals surface area contributed by atoms with Gasteiger partial charge >= 0.3 is 5.97 Å². The summed E-state index contributed by atoms with van der Waals surface area (Å²) in [7, 11) is 2.93. The lowest BCUT2D eigenvalue weighted by molar-refractivity contribution is -0.136. The summed E-state index contributed by atoms with van der Waals surface area (Å²) in [5.74, 6) is -0.348. The van der Waals surface area contributed by atoms with E-state index in [9.17, 15) is 4.79 Å². The number of hydrogen-bond donors (Lipinski definition) is 0. The summed E-state index contributed by atoms with van der Waals surface area (Å²) in [5, 5.41) is 0. The molecule has 0 radical (unpaired) electrons. The smallest absolute Gasteiger partial charge is 0.341 e. The van der Waals surface area contributed by atoms with Crippen LogP contribution in [-0.2, 0) is 14.3 Å². The first-order valence-electron chi connectivity index (χ1n) is 7.03. The first-order valence-corrected chi connectivity index (χ1v) is 7.03. The molecule has 1 aromatic carbocycles. The van der Waals surface area contributed by atoms with E-state index in [1.807, 2.05) is 18.2 Å². The van der Waals surface area contributed by atoms with Gasteiger partial charge in [-0.3, -0.25) is 0 Å². The number of carbonyl (C=O) groups is 1. The zero-order valence-electron chi connectivity index (χ0n) is 12.5. The van der Waals surface area contributed by atoms with Crippen LogP contribution in [0, 0.1) is 0 Å². The summed E-state index contributed by atoms with van der Waals surface area (Å²) < 4.78 is 9.87. The fourth-order valence-electron chi connectivity index (χ4n) is 2.49. The largest absolute Gasteiger partial charge is 0.503 e. The summed E-state index contributed by atoms with van der Waals surface area (Å²) in [4.78, 5) is 11.9. The molecular weight excluding hydrogens is 264 g/mol. The Morgan fingerprint density at radius 3 is 2.52 bits per heavy atom. The molecule has 2 rings (SSSR count). The van der Waals surface area contributed by atoms with Crippen LogP contribution in [0.15, 0.2) is 59.4 Å². The first kappa shape index (κ1) is 15.1. The van der Waals surface area contributed by atoms with E-state index in [4.69, 9.17) is 9.47 Å². The maximum atomic E-state index is 11.9. The maximum absolute atomic E-state index is 11.9. The van der Waals surface area contributed by atoms with Gasteiger partial charge < -0.3 is 9.47 Å². The molecule has 0 saturated heterocycles. The van der Waals surface area contributed by atoms with Crippen molar-refractivity contribution in [1.82, 2.24) is 0 Å². The predicted molar refractivity (Wildman–Crippen MR) is 83.5 cm³/mol. The highest BCUT2D eigenvalue weighted by Gasteiger charge is 2.22. The van der Waals surface area contributed by atoms with Crippen LogP contribution < -0.4 is 0 Å². The Morgan fingerprint density at radius 1 is 1.10 bits per heavy atom. The second kappa shape index (κ2) is 7.48. The Hall–Kier alpha value is -2.29. The third-order valence-corrected chi connectivity index (χ3v) is 3.50. The standard InChI is InChI=1S/C18H20O3/c1-20-13-17(18(19)21-2)16-10-6-9-15(16)12-11-14-7-4-3-5-8-14/h3-5,7-8,11-13H,6,9-10H2,1-2H3. The van der Waals surface area contributed by atoms with Crippen LogP contribution >= 0.6 is 0 Å². The normalized spacial score (nSPS) is 15.6. The molecule has 0 spiro atoms. The van der Waals surface area contributed by atoms with E-state index in [2.05, 4.69) is 24.3 Å². The average Bonchev–Trinajstić information content (AvgIpc) is 2.99. The molecule has 0 amide bonds. The number of benzene rings is 1. The van der Waals surface area contributed by atoms with Gasteiger partial charge in [0.05, 0.1) is 26.1 Å². The van der Waals surface area contributed by atoms with E-state index in [0.29, 0.717) is 5.57 Å². The molecule has 0 aliphatic heterocycles. The number of rotatable bonds is 5. The van der Waals surface area contributed by atoms with E-state index in [0.717, 1.165) is 30.4 Å². The minimum absolute atomic E-state index is 0.348. The third-order valence-electron chi connectivity index (χ3n) is 3.50. The Morgan fingerprint density at radius 2 is 1.86 bits per heavy atom. The van der Waals surface area contributed by atoms with Crippen molar-refractivity contribution in [3.63, 3.8) is 0 Å². The van der Waals surface area contributed by atoms with Crippen molar-refractivity contribution in [3.05, 3.63) is 65.0 Å². The van der Waals surface area contributed by atoms with Crippen LogP contribution in [0.3, 0.4) is 0 Å². The van der Waals surface area contributed by atoms with Gasteiger partial charge in [0.25, 0.3) is 0 Å². The lowest BCUT2D eigenvalue weighted by atomic mass is 10.0. The molecule has 110 valence electrons. The minimum atomic E-state index is -0.348. The molecule has 0 unspecified atom stereocenters. The van der Waals surface area contributed by atoms with E-state index >= 15 is 0 Å². The third kappa shape index (κ3) is 3.85. The van der Waals surface area contributed by atoms with Crippen LogP contribution in [0.4, 0.5) is 0 Å². The highest BCUT2D eigenvalue weighted by molar-refractivity contribution is 5.93. The second-order valence-electron chi connectivity index (χ2n) is 4.86. The molecular formula is C18H20O3. The molecule has 1 aliphatic carbocycles. The van der Waals surface area contributed by atoms with Crippen molar-refractivity contribution in [2.45, 2.75) is 19.3 Å². The van der Waals surface area contributed by atoms with Crippen molar-refractivity contribution >= 4 is 12.0 Å². The van der Waals surface area contributed by atoms with Crippen molar-refractivity contribution in [2.75, 3.05) is 14.2 Å². The zero-order chi connectivity index (χ0) is 15.1. The molecule has 0 atom stereocenters. The minimum Gasteiger partial charge on any atom is -0.503 e. The molecule has 0 fully saturated rings. The van der Waals surface area contributed by atoms with Crippen LogP contribution in [-0.4, -0.2) is 20.2 Å². The Kier molecular flexibility index (Phi) is 5.38. The molecule has 0 N–H and O–H groups in total. The number of methoxy groups -OCH3 is 2. The molecule has 3 heteroatoms. The SMILES string of the molecule is COC=C(C(=O)OC)C1=C(C=Cc2ccccc2)CCC1. The highest BCUT2D eigenvalue weighted by Crippen LogP contribution is 2.33. The molecule has 0 saturated carbocycles. The summed E-state index contributed by atoms with van der Waals surface area (Å²) in [5.41, 5.74) is 3.86. The van der Waals surface area contributed by atoms with Crippen LogP contribution in [0.1, 0.15) is 24.8 Å². The van der Waals surface area contributed by atoms with E-state index in [1.165, 1.54) is 26.1 Å². The van der Waals surface area contributed by atoms with E-state index in [-0.39, 0.29) is 5.97 Å². The van der Waals surface area contributed by atoms with Crippen LogP contribution in [0.2, 0.25) is 0 Å². The Balaban J connectivity index is 2.29. The van der Waals surface area contributed by atoms with Crippen molar-refractivity contribution in [3.8, 4) is 0 Å². The van der Waals surface area contributed by atoms with Crippen LogP contribution in [0.5, 0.6) is 0 Å². The lowest BCUT2D eigenvalue weighted by Gasteiger charge is -2.08. The van der Waals surface area contributed by atoms with Crippen molar-refractivity contribution in [1.29, 1.82) is 0 Å². The second-order valence-corrected chi connectivity index (χ2v) is 4.86. The van der Waals surface area contributed by atoms with Gasteiger partial charge in [0.1, 0.15) is 0 Å². The molecule has 3 nitrogen and oxygen atoms in total. The topological polar surface area (TPSA) is 35.5 Å². The quantitative estimate of drug-likeness (QED) is 0.467. The number of ether oxygens (including phenoxy) is 2. The number of hydrogen-bond acceptors (Lipinski definition) is 3. The van der Waals surface area contributed by atoms with E-state index < -0.39 is 0 Å². The number of carbonyl (C=O) groups excluding carboxylic acids is 1. The monoisotopic (exact) mass is 284 g/mol. The lowest BCUT2D eigenvalue weighted by Crippen LogP contribution is -2.07. The molecule has 1 aliphatic rings. The first-order chi connectivity index (χ1) is 10.3. The fourth-order valence-corrected chi connectivity index (χ4v) is 2.49. The Labute approximate surface area is 125 Å². The zero-order valence-corrected chi connectivity index (χ0v) is 12.5. The number of esters is 1. The Bertz CT molecular complexity index is 580. The van der Waals surface area contributed by atoms with Gasteiger partial charge in [-0.15, -0.1) is 0 Å². The highest BCUT2D eigenvalue weighted by atomic mass is 16.5. The summed E-state index contributed by atoms with van der Waals surface area (Å²) >= 11 is 0. The molecule has 0 heterocycles. The summed E-state index contributed by atoms with van der Waals surface area (Å²) in [6, 6.07) is 10.1. The molecule has 21 heavy (non-hydrogen) atoms. The summed E-state index contributed by atoms with van der Waals surface area (Å²) in [6.45, 7) is 0. The van der Waals surface area contributed by atoms with Gasteiger partial charge in [-0.1, -0.05) is 42.5 Å². The number of allylic oxidation sites excluding steroid dienone is 2. The van der Waals surface area contributed by atoms with Gasteiger partial charge in [0.2, 0.25) is 0 Å². The molecule has 0 aromatic heterocycles. The van der Waals surface area contributed by atoms with Gasteiger partial charge in [0, 0.05) is 0 Å². The molecule has 1 aromatic rings. The van der Waals surface area contributed by atoms with Crippen molar-refractivity contribution < 1.29 is 14.3 Å². The van der Waals surface area contributed by atoms with Crippen LogP contribution in [0.25, 0.3) is 6.08 Å². The fraction of sp³-hybridized carbons (Fsp3) is 0.278. The summed E-state index contributed by atoms with van der Waals surface area (Å²) in [6.07, 6.45) is 8.52. The molecule has 0 bridgehead atoms. The van der Waals surface area contributed by atoms with Gasteiger partial charge in [0.15, 0.2) is 0 Å².